The number of carbonyl (C=O) groups excluding carboxylic acids is 2. The summed E-state index contributed by atoms with van der Waals surface area (Å²) in [6, 6.07) is 10.3. The van der Waals surface area contributed by atoms with Gasteiger partial charge in [-0.3, -0.25) is 13.9 Å². The number of nitrogens with one attached hydrogen (secondary N) is 1. The van der Waals surface area contributed by atoms with Crippen molar-refractivity contribution in [2.75, 3.05) is 24.2 Å². The SMILES string of the molecule is CNC(=O)[C@@H](C)N(Cc1ccccc1Cl)C(=O)CN(c1cc(Cl)ccc1Cl)S(C)(=O)=O. The summed E-state index contributed by atoms with van der Waals surface area (Å²) in [5.74, 6) is -1.02. The fourth-order valence-corrected chi connectivity index (χ4v) is 4.36. The van der Waals surface area contributed by atoms with E-state index in [0.717, 1.165) is 10.6 Å². The fraction of sp³-hybridized carbons (Fsp3) is 0.300. The molecule has 0 heterocycles. The van der Waals surface area contributed by atoms with Crippen LogP contribution in [0.2, 0.25) is 15.1 Å². The Labute approximate surface area is 196 Å². The van der Waals surface area contributed by atoms with Crippen molar-refractivity contribution in [1.29, 1.82) is 0 Å². The first-order chi connectivity index (χ1) is 14.5. The molecular formula is C20H22Cl3N3O4S. The number of carbonyl (C=O) groups is 2. The minimum Gasteiger partial charge on any atom is -0.357 e. The lowest BCUT2D eigenvalue weighted by Crippen LogP contribution is -2.50. The zero-order chi connectivity index (χ0) is 23.3. The molecule has 1 N–H and O–H groups in total. The Hall–Kier alpha value is -2.00. The molecule has 0 spiro atoms. The van der Waals surface area contributed by atoms with Crippen LogP contribution in [-0.4, -0.2) is 51.0 Å². The highest BCUT2D eigenvalue weighted by Gasteiger charge is 2.30. The lowest BCUT2D eigenvalue weighted by molar-refractivity contribution is -0.139. The second kappa shape index (κ2) is 10.5. The van der Waals surface area contributed by atoms with Gasteiger partial charge in [0.1, 0.15) is 12.6 Å². The van der Waals surface area contributed by atoms with Crippen LogP contribution in [0.1, 0.15) is 12.5 Å². The zero-order valence-electron chi connectivity index (χ0n) is 17.1. The van der Waals surface area contributed by atoms with Crippen molar-refractivity contribution >= 4 is 62.3 Å². The maximum absolute atomic E-state index is 13.3. The quantitative estimate of drug-likeness (QED) is 0.593. The van der Waals surface area contributed by atoms with Crippen LogP contribution in [0, 0.1) is 0 Å². The summed E-state index contributed by atoms with van der Waals surface area (Å²) in [4.78, 5) is 26.8. The molecular weight excluding hydrogens is 485 g/mol. The standard InChI is InChI=1S/C20H22Cl3N3O4S/c1-13(20(28)24-2)25(11-14-6-4-5-7-16(14)22)19(27)12-26(31(3,29)30)18-10-15(21)8-9-17(18)23/h4-10,13H,11-12H2,1-3H3,(H,24,28)/t13-/m1/s1. The normalized spacial score (nSPS) is 12.2. The Morgan fingerprint density at radius 1 is 1.06 bits per heavy atom. The van der Waals surface area contributed by atoms with Crippen LogP contribution in [0.25, 0.3) is 0 Å². The van der Waals surface area contributed by atoms with E-state index in [1.165, 1.54) is 30.1 Å². The average Bonchev–Trinajstić information content (AvgIpc) is 2.71. The fourth-order valence-electron chi connectivity index (χ4n) is 2.87. The predicted octanol–water partition coefficient (Wildman–Crippen LogP) is 3.58. The first-order valence-corrected chi connectivity index (χ1v) is 12.1. The Morgan fingerprint density at radius 2 is 1.71 bits per heavy atom. The number of hydrogen-bond acceptors (Lipinski definition) is 4. The first-order valence-electron chi connectivity index (χ1n) is 9.13. The van der Waals surface area contributed by atoms with Gasteiger partial charge >= 0.3 is 0 Å². The number of likely N-dealkylation sites (N-methyl/N-ethyl adjacent to an activating group) is 1. The molecule has 2 aromatic carbocycles. The molecule has 7 nitrogen and oxygen atoms in total. The molecule has 0 saturated carbocycles. The molecule has 0 unspecified atom stereocenters. The van der Waals surface area contributed by atoms with E-state index in [4.69, 9.17) is 34.8 Å². The highest BCUT2D eigenvalue weighted by molar-refractivity contribution is 7.92. The smallest absolute Gasteiger partial charge is 0.244 e. The molecule has 2 rings (SSSR count). The van der Waals surface area contributed by atoms with Crippen molar-refractivity contribution in [2.45, 2.75) is 19.5 Å². The molecule has 11 heteroatoms. The van der Waals surface area contributed by atoms with Gasteiger partial charge in [0.05, 0.1) is 17.0 Å². The van der Waals surface area contributed by atoms with Crippen molar-refractivity contribution in [3.63, 3.8) is 0 Å². The van der Waals surface area contributed by atoms with Crippen LogP contribution in [0.15, 0.2) is 42.5 Å². The zero-order valence-corrected chi connectivity index (χ0v) is 20.2. The molecule has 2 aromatic rings. The number of hydrogen-bond donors (Lipinski definition) is 1. The molecule has 1 atom stereocenters. The minimum atomic E-state index is -3.90. The Bertz CT molecular complexity index is 1080. The van der Waals surface area contributed by atoms with E-state index in [1.54, 1.807) is 31.2 Å². The molecule has 168 valence electrons. The van der Waals surface area contributed by atoms with Gasteiger partial charge in [-0.05, 0) is 36.8 Å². The summed E-state index contributed by atoms with van der Waals surface area (Å²) in [5.41, 5.74) is 0.676. The van der Waals surface area contributed by atoms with E-state index >= 15 is 0 Å². The van der Waals surface area contributed by atoms with Gasteiger partial charge in [-0.15, -0.1) is 0 Å². The number of sulfonamides is 1. The minimum absolute atomic E-state index is 0.00791. The number of rotatable bonds is 8. The molecule has 0 aliphatic rings. The van der Waals surface area contributed by atoms with Gasteiger partial charge in [-0.2, -0.15) is 0 Å². The third kappa shape index (κ3) is 6.49. The van der Waals surface area contributed by atoms with E-state index in [9.17, 15) is 18.0 Å². The van der Waals surface area contributed by atoms with Crippen molar-refractivity contribution in [3.05, 3.63) is 63.1 Å². The number of anilines is 1. The van der Waals surface area contributed by atoms with E-state index in [2.05, 4.69) is 5.32 Å². The maximum Gasteiger partial charge on any atom is 0.244 e. The van der Waals surface area contributed by atoms with Crippen LogP contribution in [0.3, 0.4) is 0 Å². The molecule has 0 saturated heterocycles. The van der Waals surface area contributed by atoms with Gasteiger partial charge < -0.3 is 10.2 Å². The lowest BCUT2D eigenvalue weighted by atomic mass is 10.1. The van der Waals surface area contributed by atoms with Gasteiger partial charge in [0.15, 0.2) is 0 Å². The lowest BCUT2D eigenvalue weighted by Gasteiger charge is -2.31. The Balaban J connectivity index is 2.45. The second-order valence-corrected chi connectivity index (χ2v) is 9.93. The molecule has 0 fully saturated rings. The molecule has 0 aromatic heterocycles. The van der Waals surface area contributed by atoms with E-state index in [-0.39, 0.29) is 22.3 Å². The Kier molecular flexibility index (Phi) is 8.59. The maximum atomic E-state index is 13.3. The monoisotopic (exact) mass is 505 g/mol. The summed E-state index contributed by atoms with van der Waals surface area (Å²) in [5, 5.41) is 3.28. The van der Waals surface area contributed by atoms with Crippen molar-refractivity contribution in [3.8, 4) is 0 Å². The number of benzene rings is 2. The summed E-state index contributed by atoms with van der Waals surface area (Å²) in [6.45, 7) is 0.976. The molecule has 2 amide bonds. The number of amides is 2. The molecule has 0 aliphatic heterocycles. The number of halogens is 3. The van der Waals surface area contributed by atoms with Gasteiger partial charge in [0, 0.05) is 23.6 Å². The van der Waals surface area contributed by atoms with Gasteiger partial charge in [0.25, 0.3) is 0 Å². The Morgan fingerprint density at radius 3 is 2.29 bits per heavy atom. The summed E-state index contributed by atoms with van der Waals surface area (Å²) in [6.07, 6.45) is 0.956. The topological polar surface area (TPSA) is 86.8 Å². The third-order valence-corrected chi connectivity index (χ3v) is 6.62. The number of nitrogens with zero attached hydrogens (tertiary/aromatic N) is 2. The predicted molar refractivity (Wildman–Crippen MR) is 124 cm³/mol. The largest absolute Gasteiger partial charge is 0.357 e. The third-order valence-electron chi connectivity index (χ3n) is 4.57. The van der Waals surface area contributed by atoms with E-state index < -0.39 is 34.4 Å². The van der Waals surface area contributed by atoms with Crippen LogP contribution >= 0.6 is 34.8 Å². The first kappa shape index (κ1) is 25.3. The molecule has 31 heavy (non-hydrogen) atoms. The molecule has 0 aliphatic carbocycles. The van der Waals surface area contributed by atoms with Crippen molar-refractivity contribution in [2.24, 2.45) is 0 Å². The van der Waals surface area contributed by atoms with E-state index in [1.807, 2.05) is 0 Å². The summed E-state index contributed by atoms with van der Waals surface area (Å²) >= 11 is 18.4. The van der Waals surface area contributed by atoms with Gasteiger partial charge in [-0.25, -0.2) is 8.42 Å². The highest BCUT2D eigenvalue weighted by Crippen LogP contribution is 2.31. The molecule has 0 radical (unpaired) electrons. The summed E-state index contributed by atoms with van der Waals surface area (Å²) < 4.78 is 25.8. The second-order valence-electron chi connectivity index (χ2n) is 6.77. The van der Waals surface area contributed by atoms with Crippen LogP contribution in [0.5, 0.6) is 0 Å². The van der Waals surface area contributed by atoms with Crippen molar-refractivity contribution in [1.82, 2.24) is 10.2 Å². The molecule has 0 bridgehead atoms. The van der Waals surface area contributed by atoms with Crippen LogP contribution < -0.4 is 9.62 Å². The van der Waals surface area contributed by atoms with Crippen LogP contribution in [0.4, 0.5) is 5.69 Å². The van der Waals surface area contributed by atoms with Gasteiger partial charge in [-0.1, -0.05) is 53.0 Å². The summed E-state index contributed by atoms with van der Waals surface area (Å²) in [7, 11) is -2.45. The van der Waals surface area contributed by atoms with Crippen LogP contribution in [-0.2, 0) is 26.2 Å². The average molecular weight is 507 g/mol. The van der Waals surface area contributed by atoms with Crippen molar-refractivity contribution < 1.29 is 18.0 Å². The van der Waals surface area contributed by atoms with Gasteiger partial charge in [0.2, 0.25) is 21.8 Å². The highest BCUT2D eigenvalue weighted by atomic mass is 35.5. The van der Waals surface area contributed by atoms with E-state index in [0.29, 0.717) is 10.6 Å².